The van der Waals surface area contributed by atoms with E-state index < -0.39 is 0 Å². The van der Waals surface area contributed by atoms with E-state index in [1.165, 1.54) is 0 Å². The molecule has 2 heterocycles. The van der Waals surface area contributed by atoms with E-state index in [-0.39, 0.29) is 17.9 Å². The number of nitrogens with zero attached hydrogens (tertiary/aromatic N) is 2. The van der Waals surface area contributed by atoms with Crippen LogP contribution in [0.15, 0.2) is 60.7 Å². The van der Waals surface area contributed by atoms with Crippen LogP contribution >= 0.6 is 11.3 Å². The van der Waals surface area contributed by atoms with E-state index in [0.717, 1.165) is 39.7 Å². The number of thiazole rings is 1. The Kier molecular flexibility index (Phi) is 6.62. The fourth-order valence-corrected chi connectivity index (χ4v) is 4.71. The average molecular weight is 435 g/mol. The van der Waals surface area contributed by atoms with Gasteiger partial charge in [-0.1, -0.05) is 48.5 Å². The van der Waals surface area contributed by atoms with Gasteiger partial charge in [-0.3, -0.25) is 4.79 Å². The molecular weight excluding hydrogens is 408 g/mol. The molecule has 0 aliphatic carbocycles. The number of aromatic nitrogens is 1. The molecule has 1 atom stereocenters. The zero-order chi connectivity index (χ0) is 21.6. The summed E-state index contributed by atoms with van der Waals surface area (Å²) in [5.41, 5.74) is 2.79. The minimum absolute atomic E-state index is 0.0329. The van der Waals surface area contributed by atoms with Gasteiger partial charge in [-0.05, 0) is 31.9 Å². The van der Waals surface area contributed by atoms with E-state index in [4.69, 9.17) is 0 Å². The van der Waals surface area contributed by atoms with Crippen LogP contribution in [0.5, 0.6) is 0 Å². The van der Waals surface area contributed by atoms with Crippen LogP contribution in [0.2, 0.25) is 0 Å². The summed E-state index contributed by atoms with van der Waals surface area (Å²) in [5, 5.41) is 6.92. The van der Waals surface area contributed by atoms with E-state index in [1.54, 1.807) is 16.2 Å². The zero-order valence-corrected chi connectivity index (χ0v) is 18.3. The number of likely N-dealkylation sites (tertiary alicyclic amines) is 1. The number of para-hydroxylation sites is 1. The van der Waals surface area contributed by atoms with Gasteiger partial charge in [0.15, 0.2) is 0 Å². The molecule has 1 aliphatic rings. The van der Waals surface area contributed by atoms with E-state index in [9.17, 15) is 9.59 Å². The summed E-state index contributed by atoms with van der Waals surface area (Å²) in [7, 11) is 0. The highest BCUT2D eigenvalue weighted by molar-refractivity contribution is 7.15. The topological polar surface area (TPSA) is 74.3 Å². The van der Waals surface area contributed by atoms with Crippen molar-refractivity contribution in [3.05, 3.63) is 71.2 Å². The number of carbonyl (C=O) groups excluding carboxylic acids is 2. The van der Waals surface area contributed by atoms with Gasteiger partial charge in [-0.15, -0.1) is 11.3 Å². The normalized spacial score (nSPS) is 16.0. The quantitative estimate of drug-likeness (QED) is 0.612. The van der Waals surface area contributed by atoms with E-state index in [1.807, 2.05) is 67.6 Å². The fraction of sp³-hybridized carbons (Fsp3) is 0.292. The highest BCUT2D eigenvalue weighted by atomic mass is 32.1. The van der Waals surface area contributed by atoms with Gasteiger partial charge in [-0.25, -0.2) is 9.78 Å². The van der Waals surface area contributed by atoms with E-state index >= 15 is 0 Å². The summed E-state index contributed by atoms with van der Waals surface area (Å²) in [4.78, 5) is 32.8. The predicted octanol–water partition coefficient (Wildman–Crippen LogP) is 4.68. The largest absolute Gasteiger partial charge is 0.333 e. The smallest absolute Gasteiger partial charge is 0.317 e. The first-order chi connectivity index (χ1) is 15.1. The number of aryl methyl sites for hydroxylation is 1. The van der Waals surface area contributed by atoms with Crippen LogP contribution in [0.3, 0.4) is 0 Å². The Morgan fingerprint density at radius 3 is 2.55 bits per heavy atom. The van der Waals surface area contributed by atoms with Crippen LogP contribution in [0.4, 0.5) is 10.5 Å². The molecule has 1 aromatic heterocycles. The molecule has 3 amide bonds. The van der Waals surface area contributed by atoms with Gasteiger partial charge in [0.25, 0.3) is 0 Å². The second-order valence-corrected chi connectivity index (χ2v) is 8.78. The third-order valence-electron chi connectivity index (χ3n) is 5.43. The molecule has 6 nitrogen and oxygen atoms in total. The van der Waals surface area contributed by atoms with Gasteiger partial charge in [-0.2, -0.15) is 0 Å². The molecule has 31 heavy (non-hydrogen) atoms. The van der Waals surface area contributed by atoms with Gasteiger partial charge < -0.3 is 15.5 Å². The first-order valence-corrected chi connectivity index (χ1v) is 11.3. The number of rotatable bonds is 5. The summed E-state index contributed by atoms with van der Waals surface area (Å²) in [5.74, 6) is -0.232. The summed E-state index contributed by atoms with van der Waals surface area (Å²) in [6.07, 6.45) is 1.61. The number of hydrogen-bond donors (Lipinski definition) is 2. The van der Waals surface area contributed by atoms with Crippen molar-refractivity contribution in [2.75, 3.05) is 18.4 Å². The van der Waals surface area contributed by atoms with E-state index in [2.05, 4.69) is 15.6 Å². The Labute approximate surface area is 186 Å². The SMILES string of the molecule is Cc1nc(-c2ccccc2)sc1CNC(=O)N1CCCC(C(=O)Nc2ccccc2)C1. The number of carbonyl (C=O) groups is 2. The van der Waals surface area contributed by atoms with E-state index in [0.29, 0.717) is 19.6 Å². The predicted molar refractivity (Wildman–Crippen MR) is 124 cm³/mol. The van der Waals surface area contributed by atoms with Crippen molar-refractivity contribution >= 4 is 29.0 Å². The van der Waals surface area contributed by atoms with Crippen LogP contribution in [-0.2, 0) is 11.3 Å². The molecule has 2 N–H and O–H groups in total. The Morgan fingerprint density at radius 1 is 1.10 bits per heavy atom. The average Bonchev–Trinajstić information content (AvgIpc) is 3.19. The molecule has 1 saturated heterocycles. The molecule has 0 bridgehead atoms. The number of amides is 3. The van der Waals surface area contributed by atoms with Crippen molar-refractivity contribution in [1.82, 2.24) is 15.2 Å². The standard InChI is InChI=1S/C24H26N4O2S/c1-17-21(31-23(26-17)18-9-4-2-5-10-18)15-25-24(30)28-14-8-11-19(16-28)22(29)27-20-12-6-3-7-13-20/h2-7,9-10,12-13,19H,8,11,14-16H2,1H3,(H,25,30)(H,27,29). The van der Waals surface area contributed by atoms with Crippen LogP contribution in [0.1, 0.15) is 23.4 Å². The summed E-state index contributed by atoms with van der Waals surface area (Å²) < 4.78 is 0. The maximum atomic E-state index is 12.8. The fourth-order valence-electron chi connectivity index (χ4n) is 3.71. The molecule has 7 heteroatoms. The van der Waals surface area contributed by atoms with Crippen molar-refractivity contribution < 1.29 is 9.59 Å². The van der Waals surface area contributed by atoms with Crippen LogP contribution in [0, 0.1) is 12.8 Å². The highest BCUT2D eigenvalue weighted by Crippen LogP contribution is 2.27. The lowest BCUT2D eigenvalue weighted by Gasteiger charge is -2.32. The second-order valence-electron chi connectivity index (χ2n) is 7.69. The molecule has 3 aromatic rings. The lowest BCUT2D eigenvalue weighted by molar-refractivity contribution is -0.121. The first kappa shape index (κ1) is 21.1. The molecule has 1 fully saturated rings. The molecule has 1 aliphatic heterocycles. The number of anilines is 1. The van der Waals surface area contributed by atoms with Crippen LogP contribution in [-0.4, -0.2) is 34.9 Å². The zero-order valence-electron chi connectivity index (χ0n) is 17.5. The second kappa shape index (κ2) is 9.75. The number of urea groups is 1. The Balaban J connectivity index is 1.32. The van der Waals surface area contributed by atoms with Crippen LogP contribution < -0.4 is 10.6 Å². The van der Waals surface area contributed by atoms with Gasteiger partial charge in [0.1, 0.15) is 5.01 Å². The minimum Gasteiger partial charge on any atom is -0.333 e. The van der Waals surface area contributed by atoms with Crippen LogP contribution in [0.25, 0.3) is 10.6 Å². The Bertz CT molecular complexity index is 1040. The lowest BCUT2D eigenvalue weighted by Crippen LogP contribution is -2.47. The van der Waals surface area contributed by atoms with Gasteiger partial charge in [0.05, 0.1) is 18.2 Å². The third kappa shape index (κ3) is 5.30. The number of hydrogen-bond acceptors (Lipinski definition) is 4. The molecule has 4 rings (SSSR count). The van der Waals surface area contributed by atoms with Crippen molar-refractivity contribution in [2.24, 2.45) is 5.92 Å². The van der Waals surface area contributed by atoms with Gasteiger partial charge in [0.2, 0.25) is 5.91 Å². The lowest BCUT2D eigenvalue weighted by atomic mass is 9.97. The summed E-state index contributed by atoms with van der Waals surface area (Å²) in [6.45, 7) is 3.50. The molecule has 1 unspecified atom stereocenters. The van der Waals surface area contributed by atoms with Crippen molar-refractivity contribution in [1.29, 1.82) is 0 Å². The number of benzene rings is 2. The molecule has 0 spiro atoms. The number of piperidine rings is 1. The van der Waals surface area contributed by atoms with Crippen molar-refractivity contribution in [3.8, 4) is 10.6 Å². The molecule has 0 saturated carbocycles. The first-order valence-electron chi connectivity index (χ1n) is 10.5. The molecule has 2 aromatic carbocycles. The third-order valence-corrected chi connectivity index (χ3v) is 6.64. The monoisotopic (exact) mass is 434 g/mol. The Morgan fingerprint density at radius 2 is 1.81 bits per heavy atom. The van der Waals surface area contributed by atoms with Crippen molar-refractivity contribution in [3.63, 3.8) is 0 Å². The molecular formula is C24H26N4O2S. The molecule has 0 radical (unpaired) electrons. The minimum atomic E-state index is -0.200. The Hall–Kier alpha value is -3.19. The summed E-state index contributed by atoms with van der Waals surface area (Å²) in [6, 6.07) is 19.3. The van der Waals surface area contributed by atoms with Crippen molar-refractivity contribution in [2.45, 2.75) is 26.3 Å². The van der Waals surface area contributed by atoms with Gasteiger partial charge >= 0.3 is 6.03 Å². The van der Waals surface area contributed by atoms with Gasteiger partial charge in [0, 0.05) is 29.2 Å². The summed E-state index contributed by atoms with van der Waals surface area (Å²) >= 11 is 1.60. The number of nitrogens with one attached hydrogen (secondary N) is 2. The maximum absolute atomic E-state index is 12.8. The molecule has 160 valence electrons. The maximum Gasteiger partial charge on any atom is 0.317 e. The highest BCUT2D eigenvalue weighted by Gasteiger charge is 2.28.